The van der Waals surface area contributed by atoms with E-state index in [1.807, 2.05) is 0 Å². The summed E-state index contributed by atoms with van der Waals surface area (Å²) in [5.74, 6) is 0. The van der Waals surface area contributed by atoms with E-state index in [4.69, 9.17) is 0 Å². The first kappa shape index (κ1) is 14.5. The van der Waals surface area contributed by atoms with E-state index in [1.165, 1.54) is 18.4 Å². The van der Waals surface area contributed by atoms with Gasteiger partial charge in [-0.15, -0.1) is 0 Å². The van der Waals surface area contributed by atoms with Crippen LogP contribution in [-0.2, 0) is 6.42 Å². The van der Waals surface area contributed by atoms with E-state index in [2.05, 4.69) is 79.6 Å². The Balaban J connectivity index is 1.79. The van der Waals surface area contributed by atoms with Crippen molar-refractivity contribution in [1.82, 2.24) is 4.98 Å². The summed E-state index contributed by atoms with van der Waals surface area (Å²) in [6, 6.07) is 20.3. The van der Waals surface area contributed by atoms with Crippen molar-refractivity contribution in [2.75, 3.05) is 0 Å². The second kappa shape index (κ2) is 5.78. The summed E-state index contributed by atoms with van der Waals surface area (Å²) < 4.78 is 0. The number of fused-ring (bicyclic) bond motifs is 1. The van der Waals surface area contributed by atoms with Gasteiger partial charge in [0.2, 0.25) is 0 Å². The van der Waals surface area contributed by atoms with Crippen molar-refractivity contribution in [3.63, 3.8) is 0 Å². The van der Waals surface area contributed by atoms with E-state index in [0.717, 1.165) is 5.54 Å². The van der Waals surface area contributed by atoms with Gasteiger partial charge >= 0.3 is 0 Å². The summed E-state index contributed by atoms with van der Waals surface area (Å²) in [6.07, 6.45) is 2.56. The smallest absolute Gasteiger partial charge is 0.127 e. The fourth-order valence-electron chi connectivity index (χ4n) is 3.79. The summed E-state index contributed by atoms with van der Waals surface area (Å²) in [5, 5.41) is 0. The molecule has 2 aromatic carbocycles. The van der Waals surface area contributed by atoms with Crippen molar-refractivity contribution in [3.05, 3.63) is 71.3 Å². The summed E-state index contributed by atoms with van der Waals surface area (Å²) in [6.45, 7) is 7.27. The van der Waals surface area contributed by atoms with Gasteiger partial charge in [-0.25, -0.2) is 0 Å². The Bertz CT molecular complexity index is 606. The highest BCUT2D eigenvalue weighted by molar-refractivity contribution is 6.76. The van der Waals surface area contributed by atoms with E-state index in [1.54, 1.807) is 11.1 Å². The first-order chi connectivity index (χ1) is 10.1. The molecule has 1 unspecified atom stereocenters. The monoisotopic (exact) mass is 295 g/mol. The van der Waals surface area contributed by atoms with Crippen LogP contribution in [0.3, 0.4) is 0 Å². The quantitative estimate of drug-likeness (QED) is 0.798. The third-order valence-corrected chi connectivity index (χ3v) is 8.41. The van der Waals surface area contributed by atoms with Crippen molar-refractivity contribution in [2.24, 2.45) is 0 Å². The largest absolute Gasteiger partial charge is 0.331 e. The third kappa shape index (κ3) is 2.97. The summed E-state index contributed by atoms with van der Waals surface area (Å²) >= 11 is 0. The molecule has 2 heteroatoms. The lowest BCUT2D eigenvalue weighted by Gasteiger charge is -2.34. The van der Waals surface area contributed by atoms with Gasteiger partial charge in [-0.1, -0.05) is 67.7 Å². The van der Waals surface area contributed by atoms with Crippen LogP contribution in [0, 0.1) is 0 Å². The molecule has 0 radical (unpaired) electrons. The van der Waals surface area contributed by atoms with E-state index >= 15 is 0 Å². The number of aryl methyl sites for hydroxylation is 1. The lowest BCUT2D eigenvalue weighted by molar-refractivity contribution is 0.688. The van der Waals surface area contributed by atoms with E-state index < -0.39 is 8.24 Å². The van der Waals surface area contributed by atoms with Crippen molar-refractivity contribution >= 4 is 8.24 Å². The SMILES string of the molecule is C[C@@H](N[Si](C)(C)C1CCc2ccccc21)c1ccccc1. The van der Waals surface area contributed by atoms with E-state index in [0.29, 0.717) is 6.04 Å². The molecule has 0 aromatic heterocycles. The molecule has 0 bridgehead atoms. The molecule has 1 aliphatic carbocycles. The van der Waals surface area contributed by atoms with Gasteiger partial charge in [0.1, 0.15) is 8.24 Å². The maximum absolute atomic E-state index is 3.99. The van der Waals surface area contributed by atoms with Gasteiger partial charge in [-0.3, -0.25) is 0 Å². The van der Waals surface area contributed by atoms with Gasteiger partial charge in [-0.05, 0) is 42.0 Å². The standard InChI is InChI=1S/C19H25NSi/c1-15(16-9-5-4-6-10-16)20-21(2,3)19-14-13-17-11-7-8-12-18(17)19/h4-12,15,19-20H,13-14H2,1-3H3/t15-,19?/m1/s1. The molecule has 2 aromatic rings. The molecular weight excluding hydrogens is 270 g/mol. The normalized spacial score (nSPS) is 19.3. The molecule has 1 N–H and O–H groups in total. The average Bonchev–Trinajstić information content (AvgIpc) is 2.92. The molecule has 0 saturated heterocycles. The molecule has 1 aliphatic rings. The topological polar surface area (TPSA) is 12.0 Å². The fraction of sp³-hybridized carbons (Fsp3) is 0.368. The second-order valence-electron chi connectivity index (χ2n) is 6.79. The van der Waals surface area contributed by atoms with Gasteiger partial charge in [0.05, 0.1) is 0 Å². The minimum atomic E-state index is -1.52. The molecule has 2 atom stereocenters. The maximum Gasteiger partial charge on any atom is 0.127 e. The molecule has 0 aliphatic heterocycles. The van der Waals surface area contributed by atoms with Crippen LogP contribution < -0.4 is 4.98 Å². The lowest BCUT2D eigenvalue weighted by Crippen LogP contribution is -2.50. The van der Waals surface area contributed by atoms with Crippen LogP contribution >= 0.6 is 0 Å². The molecule has 0 saturated carbocycles. The van der Waals surface area contributed by atoms with Gasteiger partial charge in [0.15, 0.2) is 0 Å². The van der Waals surface area contributed by atoms with Crippen molar-refractivity contribution in [3.8, 4) is 0 Å². The van der Waals surface area contributed by atoms with Crippen LogP contribution in [0.15, 0.2) is 54.6 Å². The maximum atomic E-state index is 3.99. The number of hydrogen-bond donors (Lipinski definition) is 1. The highest BCUT2D eigenvalue weighted by Crippen LogP contribution is 2.39. The minimum absolute atomic E-state index is 0.431. The van der Waals surface area contributed by atoms with Crippen LogP contribution in [0.25, 0.3) is 0 Å². The Kier molecular flexibility index (Phi) is 4.00. The predicted molar refractivity (Wildman–Crippen MR) is 93.0 cm³/mol. The minimum Gasteiger partial charge on any atom is -0.331 e. The van der Waals surface area contributed by atoms with Crippen molar-refractivity contribution in [2.45, 2.75) is 44.4 Å². The zero-order valence-corrected chi connectivity index (χ0v) is 14.3. The number of benzene rings is 2. The van der Waals surface area contributed by atoms with Crippen molar-refractivity contribution < 1.29 is 0 Å². The number of rotatable bonds is 4. The fourth-order valence-corrected chi connectivity index (χ4v) is 7.20. The molecule has 1 nitrogen and oxygen atoms in total. The summed E-state index contributed by atoms with van der Waals surface area (Å²) in [7, 11) is -1.52. The molecule has 3 rings (SSSR count). The van der Waals surface area contributed by atoms with Gasteiger partial charge in [0.25, 0.3) is 0 Å². The molecular formula is C19H25NSi. The van der Waals surface area contributed by atoms with Crippen LogP contribution in [0.1, 0.15) is 41.6 Å². The molecule has 110 valence electrons. The van der Waals surface area contributed by atoms with E-state index in [9.17, 15) is 0 Å². The van der Waals surface area contributed by atoms with Crippen LogP contribution in [-0.4, -0.2) is 8.24 Å². The Labute approximate surface area is 129 Å². The first-order valence-electron chi connectivity index (χ1n) is 7.98. The third-order valence-electron chi connectivity index (χ3n) is 4.89. The van der Waals surface area contributed by atoms with Gasteiger partial charge in [-0.2, -0.15) is 0 Å². The lowest BCUT2D eigenvalue weighted by atomic mass is 10.1. The molecule has 0 fully saturated rings. The molecule has 0 heterocycles. The zero-order chi connectivity index (χ0) is 14.9. The van der Waals surface area contributed by atoms with Crippen LogP contribution in [0.4, 0.5) is 0 Å². The Morgan fingerprint density at radius 1 is 1.00 bits per heavy atom. The van der Waals surface area contributed by atoms with Crippen LogP contribution in [0.5, 0.6) is 0 Å². The van der Waals surface area contributed by atoms with E-state index in [-0.39, 0.29) is 0 Å². The first-order valence-corrected chi connectivity index (χ1v) is 11.1. The summed E-state index contributed by atoms with van der Waals surface area (Å²) in [4.78, 5) is 3.99. The average molecular weight is 296 g/mol. The zero-order valence-electron chi connectivity index (χ0n) is 13.3. The van der Waals surface area contributed by atoms with Crippen LogP contribution in [0.2, 0.25) is 13.1 Å². The number of nitrogens with one attached hydrogen (secondary N) is 1. The Morgan fingerprint density at radius 2 is 1.67 bits per heavy atom. The highest BCUT2D eigenvalue weighted by Gasteiger charge is 2.38. The van der Waals surface area contributed by atoms with Gasteiger partial charge in [0, 0.05) is 6.04 Å². The molecule has 0 amide bonds. The second-order valence-corrected chi connectivity index (χ2v) is 11.2. The predicted octanol–water partition coefficient (Wildman–Crippen LogP) is 4.81. The molecule has 0 spiro atoms. The number of hydrogen-bond acceptors (Lipinski definition) is 1. The Morgan fingerprint density at radius 3 is 2.43 bits per heavy atom. The Hall–Kier alpha value is -1.38. The highest BCUT2D eigenvalue weighted by atomic mass is 28.3. The van der Waals surface area contributed by atoms with Crippen molar-refractivity contribution in [1.29, 1.82) is 0 Å². The van der Waals surface area contributed by atoms with Gasteiger partial charge < -0.3 is 4.98 Å². The summed E-state index contributed by atoms with van der Waals surface area (Å²) in [5.41, 5.74) is 5.29. The molecule has 21 heavy (non-hydrogen) atoms.